The molecule has 0 spiro atoms. The molecule has 1 saturated heterocycles. The van der Waals surface area contributed by atoms with E-state index >= 15 is 0 Å². The normalized spacial score (nSPS) is 17.9. The summed E-state index contributed by atoms with van der Waals surface area (Å²) in [7, 11) is 0. The van der Waals surface area contributed by atoms with Crippen LogP contribution in [0.5, 0.6) is 0 Å². The van der Waals surface area contributed by atoms with Crippen LogP contribution < -0.4 is 0 Å². The molecule has 0 bridgehead atoms. The van der Waals surface area contributed by atoms with Crippen molar-refractivity contribution in [3.8, 4) is 0 Å². The number of hydrogen-bond acceptors (Lipinski definition) is 7. The Labute approximate surface area is 99.2 Å². The van der Waals surface area contributed by atoms with Gasteiger partial charge in [-0.3, -0.25) is 4.79 Å². The average Bonchev–Trinajstić information content (AvgIpc) is 3.13. The largest absolute Gasteiger partial charge is 0.435 e. The molecule has 1 rings (SSSR count). The lowest BCUT2D eigenvalue weighted by molar-refractivity contribution is -0.214. The molecule has 0 amide bonds. The van der Waals surface area contributed by atoms with Gasteiger partial charge in [-0.25, -0.2) is 0 Å². The first kappa shape index (κ1) is 14.3. The highest BCUT2D eigenvalue weighted by Crippen LogP contribution is 2.21. The Kier molecular flexibility index (Phi) is 5.29. The summed E-state index contributed by atoms with van der Waals surface area (Å²) in [6.45, 7) is 0.449. The number of carbonyl (C=O) groups is 1. The van der Waals surface area contributed by atoms with Crippen molar-refractivity contribution in [1.29, 1.82) is 0 Å². The summed E-state index contributed by atoms with van der Waals surface area (Å²) >= 11 is 0. The van der Waals surface area contributed by atoms with Crippen molar-refractivity contribution < 1.29 is 30.0 Å². The van der Waals surface area contributed by atoms with Gasteiger partial charge in [0.15, 0.2) is 0 Å². The number of carbonyl (C=O) groups excluding carboxylic acids is 1. The number of ether oxygens (including phenoxy) is 1. The van der Waals surface area contributed by atoms with Crippen LogP contribution in [0, 0.1) is 5.41 Å². The third kappa shape index (κ3) is 3.90. The van der Waals surface area contributed by atoms with Crippen molar-refractivity contribution in [2.45, 2.75) is 12.7 Å². The summed E-state index contributed by atoms with van der Waals surface area (Å²) in [5.74, 6) is -0.621. The minimum absolute atomic E-state index is 0.134. The van der Waals surface area contributed by atoms with Gasteiger partial charge in [0.1, 0.15) is 5.41 Å². The molecule has 1 aliphatic rings. The number of aliphatic hydroxyl groups excluding tert-OH is 4. The number of hydrogen-bond donors (Lipinski definition) is 4. The summed E-state index contributed by atoms with van der Waals surface area (Å²) in [6, 6.07) is 0. The van der Waals surface area contributed by atoms with Gasteiger partial charge in [-0.05, 0) is 0 Å². The highest BCUT2D eigenvalue weighted by Gasteiger charge is 2.39. The Morgan fingerprint density at radius 1 is 1.24 bits per heavy atom. The highest BCUT2D eigenvalue weighted by molar-refractivity contribution is 5.69. The topological polar surface area (TPSA) is 110 Å². The first-order valence-corrected chi connectivity index (χ1v) is 5.50. The second-order valence-corrected chi connectivity index (χ2v) is 4.27. The molecule has 7 heteroatoms. The van der Waals surface area contributed by atoms with E-state index in [0.29, 0.717) is 6.54 Å². The van der Waals surface area contributed by atoms with Crippen LogP contribution in [-0.2, 0) is 9.53 Å². The van der Waals surface area contributed by atoms with Crippen molar-refractivity contribution in [3.63, 3.8) is 0 Å². The van der Waals surface area contributed by atoms with Gasteiger partial charge in [0.25, 0.3) is 0 Å². The first-order chi connectivity index (χ1) is 8.07. The summed E-state index contributed by atoms with van der Waals surface area (Å²) in [6.07, 6.45) is -1.58. The van der Waals surface area contributed by atoms with Gasteiger partial charge in [0.05, 0.1) is 26.2 Å². The minimum Gasteiger partial charge on any atom is -0.435 e. The van der Waals surface area contributed by atoms with Crippen LogP contribution in [0.4, 0.5) is 0 Å². The Bertz CT molecular complexity index is 243. The Morgan fingerprint density at radius 2 is 1.76 bits per heavy atom. The molecule has 17 heavy (non-hydrogen) atoms. The second kappa shape index (κ2) is 6.27. The Morgan fingerprint density at radius 3 is 2.18 bits per heavy atom. The zero-order valence-corrected chi connectivity index (χ0v) is 9.58. The van der Waals surface area contributed by atoms with E-state index in [1.807, 2.05) is 4.90 Å². The van der Waals surface area contributed by atoms with E-state index in [9.17, 15) is 9.90 Å². The van der Waals surface area contributed by atoms with Crippen LogP contribution in [0.1, 0.15) is 6.42 Å². The quantitative estimate of drug-likeness (QED) is 0.214. The lowest BCUT2D eigenvalue weighted by Crippen LogP contribution is -2.47. The second-order valence-electron chi connectivity index (χ2n) is 4.27. The lowest BCUT2D eigenvalue weighted by atomic mass is 9.90. The fourth-order valence-corrected chi connectivity index (χ4v) is 1.24. The van der Waals surface area contributed by atoms with Gasteiger partial charge >= 0.3 is 5.97 Å². The van der Waals surface area contributed by atoms with Gasteiger partial charge in [-0.1, -0.05) is 0 Å². The Balaban J connectivity index is 2.38. The molecule has 0 aromatic carbocycles. The van der Waals surface area contributed by atoms with Crippen LogP contribution in [-0.4, -0.2) is 77.0 Å². The third-order valence-corrected chi connectivity index (χ3v) is 2.88. The van der Waals surface area contributed by atoms with E-state index in [4.69, 9.17) is 15.3 Å². The van der Waals surface area contributed by atoms with Crippen molar-refractivity contribution >= 4 is 5.97 Å². The predicted octanol–water partition coefficient (Wildman–Crippen LogP) is -2.48. The molecule has 0 aromatic rings. The van der Waals surface area contributed by atoms with E-state index in [2.05, 4.69) is 4.74 Å². The molecule has 1 heterocycles. The van der Waals surface area contributed by atoms with E-state index in [-0.39, 0.29) is 6.42 Å². The highest BCUT2D eigenvalue weighted by atomic mass is 16.6. The van der Waals surface area contributed by atoms with E-state index in [1.54, 1.807) is 0 Å². The summed E-state index contributed by atoms with van der Waals surface area (Å²) in [5, 5.41) is 36.6. The maximum atomic E-state index is 11.3. The van der Waals surface area contributed by atoms with Gasteiger partial charge in [0.2, 0.25) is 6.29 Å². The van der Waals surface area contributed by atoms with Gasteiger partial charge in [0, 0.05) is 19.6 Å². The van der Waals surface area contributed by atoms with Crippen LogP contribution in [0.25, 0.3) is 0 Å². The fraction of sp³-hybridized carbons (Fsp3) is 0.900. The number of esters is 1. The predicted molar refractivity (Wildman–Crippen MR) is 56.8 cm³/mol. The SMILES string of the molecule is O=C(CCN1CC1)OC(O)C(CO)(CO)CO. The first-order valence-electron chi connectivity index (χ1n) is 5.50. The van der Waals surface area contributed by atoms with E-state index in [0.717, 1.165) is 13.1 Å². The molecular weight excluding hydrogens is 230 g/mol. The van der Waals surface area contributed by atoms with Crippen LogP contribution in [0.2, 0.25) is 0 Å². The zero-order valence-electron chi connectivity index (χ0n) is 9.58. The minimum atomic E-state index is -1.72. The lowest BCUT2D eigenvalue weighted by Gasteiger charge is -2.31. The molecule has 7 nitrogen and oxygen atoms in total. The summed E-state index contributed by atoms with van der Waals surface area (Å²) in [4.78, 5) is 13.3. The maximum absolute atomic E-state index is 11.3. The molecule has 100 valence electrons. The van der Waals surface area contributed by atoms with Gasteiger partial charge in [-0.2, -0.15) is 0 Å². The molecule has 1 aliphatic heterocycles. The van der Waals surface area contributed by atoms with Crippen molar-refractivity contribution in [1.82, 2.24) is 4.90 Å². The van der Waals surface area contributed by atoms with Gasteiger partial charge in [-0.15, -0.1) is 0 Å². The standard InChI is InChI=1S/C10H19NO6/c12-5-10(6-13,7-14)9(16)17-8(15)1-2-11-3-4-11/h9,12-14,16H,1-7H2. The fourth-order valence-electron chi connectivity index (χ4n) is 1.24. The number of rotatable bonds is 8. The van der Waals surface area contributed by atoms with E-state index in [1.165, 1.54) is 0 Å². The Hall–Kier alpha value is -0.730. The molecule has 0 aliphatic carbocycles. The molecule has 4 N–H and O–H groups in total. The number of aliphatic hydroxyl groups is 4. The smallest absolute Gasteiger partial charge is 0.309 e. The van der Waals surface area contributed by atoms with Crippen molar-refractivity contribution in [2.24, 2.45) is 5.41 Å². The molecule has 1 unspecified atom stereocenters. The summed E-state index contributed by atoms with van der Waals surface area (Å²) in [5.41, 5.74) is -1.62. The monoisotopic (exact) mass is 249 g/mol. The number of nitrogens with zero attached hydrogens (tertiary/aromatic N) is 1. The van der Waals surface area contributed by atoms with Crippen molar-refractivity contribution in [2.75, 3.05) is 39.5 Å². The van der Waals surface area contributed by atoms with Crippen LogP contribution in [0.15, 0.2) is 0 Å². The summed E-state index contributed by atoms with van der Waals surface area (Å²) < 4.78 is 4.68. The van der Waals surface area contributed by atoms with Crippen LogP contribution >= 0.6 is 0 Å². The molecule has 1 fully saturated rings. The van der Waals surface area contributed by atoms with Gasteiger partial charge < -0.3 is 30.1 Å². The molecule has 0 radical (unpaired) electrons. The molecular formula is C10H19NO6. The van der Waals surface area contributed by atoms with Crippen LogP contribution in [0.3, 0.4) is 0 Å². The maximum Gasteiger partial charge on any atom is 0.309 e. The molecule has 0 saturated carbocycles. The average molecular weight is 249 g/mol. The van der Waals surface area contributed by atoms with Crippen molar-refractivity contribution in [3.05, 3.63) is 0 Å². The third-order valence-electron chi connectivity index (χ3n) is 2.88. The molecule has 1 atom stereocenters. The van der Waals surface area contributed by atoms with E-state index < -0.39 is 37.5 Å². The molecule has 0 aromatic heterocycles. The zero-order chi connectivity index (χ0) is 12.9.